The highest BCUT2D eigenvalue weighted by Crippen LogP contribution is 2.41. The van der Waals surface area contributed by atoms with Crippen molar-refractivity contribution in [1.29, 1.82) is 0 Å². The molecule has 0 amide bonds. The van der Waals surface area contributed by atoms with E-state index >= 15 is 0 Å². The second-order valence-corrected chi connectivity index (χ2v) is 13.6. The average Bonchev–Trinajstić information content (AvgIpc) is 2.84. The molecular weight excluding hydrogens is 484 g/mol. The molecule has 0 aliphatic heterocycles. The van der Waals surface area contributed by atoms with E-state index in [0.29, 0.717) is 18.6 Å². The van der Waals surface area contributed by atoms with E-state index in [2.05, 4.69) is 48.5 Å². The van der Waals surface area contributed by atoms with Gasteiger partial charge in [-0.2, -0.15) is 0 Å². The van der Waals surface area contributed by atoms with Crippen LogP contribution in [0, 0.1) is 0 Å². The molecule has 0 atom stereocenters. The Labute approximate surface area is 240 Å². The zero-order valence-corrected chi connectivity index (χ0v) is 26.6. The van der Waals surface area contributed by atoms with Crippen molar-refractivity contribution in [3.05, 3.63) is 28.8 Å². The van der Waals surface area contributed by atoms with Crippen molar-refractivity contribution in [1.82, 2.24) is 0 Å². The second-order valence-electron chi connectivity index (χ2n) is 13.6. The molecule has 4 heteroatoms. The molecule has 0 spiro atoms. The smallest absolute Gasteiger partial charge is 0.311 e. The normalized spacial score (nSPS) is 12.1. The second kappa shape index (κ2) is 18.5. The molecule has 39 heavy (non-hydrogen) atoms. The quantitative estimate of drug-likeness (QED) is 0.101. The maximum absolute atomic E-state index is 12.9. The first-order valence-electron chi connectivity index (χ1n) is 16.0. The molecule has 0 heterocycles. The molecule has 1 aromatic rings. The van der Waals surface area contributed by atoms with E-state index in [4.69, 9.17) is 9.84 Å². The first kappa shape index (κ1) is 35.2. The van der Waals surface area contributed by atoms with Gasteiger partial charge in [-0.25, -0.2) is 0 Å². The van der Waals surface area contributed by atoms with Crippen molar-refractivity contribution < 1.29 is 19.4 Å². The van der Waals surface area contributed by atoms with E-state index in [1.165, 1.54) is 83.5 Å². The minimum Gasteiger partial charge on any atom is -0.481 e. The predicted molar refractivity (Wildman–Crippen MR) is 165 cm³/mol. The van der Waals surface area contributed by atoms with Crippen LogP contribution < -0.4 is 4.74 Å². The molecule has 0 aliphatic rings. The summed E-state index contributed by atoms with van der Waals surface area (Å²) >= 11 is 0. The number of aryl methyl sites for hydroxylation is 1. The average molecular weight is 545 g/mol. The van der Waals surface area contributed by atoms with Crippen molar-refractivity contribution in [3.8, 4) is 5.75 Å². The molecule has 0 fully saturated rings. The Hall–Kier alpha value is -1.84. The van der Waals surface area contributed by atoms with Gasteiger partial charge in [0.2, 0.25) is 0 Å². The van der Waals surface area contributed by atoms with Crippen LogP contribution in [0.25, 0.3) is 0 Å². The van der Waals surface area contributed by atoms with Gasteiger partial charge in [0, 0.05) is 24.0 Å². The van der Waals surface area contributed by atoms with E-state index in [9.17, 15) is 9.59 Å². The standard InChI is InChI=1S/C35H60O4/c1-8-9-10-11-12-13-14-15-16-17-18-19-20-21-22-23-32(38)39-33-29(34(2,3)4)26-28(24-25-31(36)37)27-30(33)35(5,6)7/h26-27H,8-25H2,1-7H3,(H,36,37). The number of hydrogen-bond acceptors (Lipinski definition) is 3. The number of unbranched alkanes of at least 4 members (excludes halogenated alkanes) is 14. The van der Waals surface area contributed by atoms with Gasteiger partial charge in [0.15, 0.2) is 0 Å². The highest BCUT2D eigenvalue weighted by atomic mass is 16.5. The van der Waals surface area contributed by atoms with E-state index in [0.717, 1.165) is 29.5 Å². The summed E-state index contributed by atoms with van der Waals surface area (Å²) in [7, 11) is 0. The summed E-state index contributed by atoms with van der Waals surface area (Å²) in [5.74, 6) is -0.303. The van der Waals surface area contributed by atoms with Crippen molar-refractivity contribution in [3.63, 3.8) is 0 Å². The maximum Gasteiger partial charge on any atom is 0.311 e. The summed E-state index contributed by atoms with van der Waals surface area (Å²) in [6.45, 7) is 14.9. The molecule has 0 aliphatic carbocycles. The molecule has 0 bridgehead atoms. The summed E-state index contributed by atoms with van der Waals surface area (Å²) in [5.41, 5.74) is 2.46. The van der Waals surface area contributed by atoms with Crippen molar-refractivity contribution in [2.45, 2.75) is 175 Å². The van der Waals surface area contributed by atoms with Gasteiger partial charge in [0.1, 0.15) is 5.75 Å². The number of carboxylic acids is 1. The Balaban J connectivity index is 2.48. The number of benzene rings is 1. The van der Waals surface area contributed by atoms with Crippen LogP contribution in [0.4, 0.5) is 0 Å². The van der Waals surface area contributed by atoms with Crippen LogP contribution in [0.2, 0.25) is 0 Å². The fraction of sp³-hybridized carbons (Fsp3) is 0.771. The number of carbonyl (C=O) groups is 2. The van der Waals surface area contributed by atoms with Crippen LogP contribution in [0.15, 0.2) is 12.1 Å². The number of carbonyl (C=O) groups excluding carboxylic acids is 1. The summed E-state index contributed by atoms with van der Waals surface area (Å²) < 4.78 is 6.07. The zero-order valence-electron chi connectivity index (χ0n) is 26.6. The molecule has 224 valence electrons. The van der Waals surface area contributed by atoms with Crippen LogP contribution >= 0.6 is 0 Å². The third kappa shape index (κ3) is 15.5. The first-order chi connectivity index (χ1) is 18.4. The fourth-order valence-electron chi connectivity index (χ4n) is 5.11. The fourth-order valence-corrected chi connectivity index (χ4v) is 5.11. The lowest BCUT2D eigenvalue weighted by atomic mass is 9.78. The largest absolute Gasteiger partial charge is 0.481 e. The lowest BCUT2D eigenvalue weighted by molar-refractivity contribution is -0.137. The molecule has 1 N–H and O–H groups in total. The molecule has 0 saturated carbocycles. The van der Waals surface area contributed by atoms with Gasteiger partial charge >= 0.3 is 11.9 Å². The third-order valence-electron chi connectivity index (χ3n) is 7.59. The molecule has 1 rings (SSSR count). The van der Waals surface area contributed by atoms with E-state index in [1.807, 2.05) is 12.1 Å². The Morgan fingerprint density at radius 2 is 1.03 bits per heavy atom. The van der Waals surface area contributed by atoms with Gasteiger partial charge in [-0.3, -0.25) is 9.59 Å². The summed E-state index contributed by atoms with van der Waals surface area (Å²) in [6.07, 6.45) is 20.5. The highest BCUT2D eigenvalue weighted by molar-refractivity contribution is 5.74. The topological polar surface area (TPSA) is 63.6 Å². The monoisotopic (exact) mass is 544 g/mol. The van der Waals surface area contributed by atoms with Crippen molar-refractivity contribution in [2.75, 3.05) is 0 Å². The van der Waals surface area contributed by atoms with Crippen LogP contribution in [0.1, 0.15) is 174 Å². The molecule has 0 aromatic heterocycles. The van der Waals surface area contributed by atoms with Gasteiger partial charge in [0.05, 0.1) is 0 Å². The van der Waals surface area contributed by atoms with Crippen LogP contribution in [-0.2, 0) is 26.8 Å². The number of rotatable bonds is 20. The van der Waals surface area contributed by atoms with Crippen molar-refractivity contribution in [2.24, 2.45) is 0 Å². The summed E-state index contributed by atoms with van der Waals surface area (Å²) in [4.78, 5) is 24.1. The molecule has 0 unspecified atom stereocenters. The van der Waals surface area contributed by atoms with Gasteiger partial charge in [-0.15, -0.1) is 0 Å². The summed E-state index contributed by atoms with van der Waals surface area (Å²) in [5, 5.41) is 9.17. The van der Waals surface area contributed by atoms with Gasteiger partial charge in [-0.05, 0) is 29.2 Å². The Morgan fingerprint density at radius 3 is 1.38 bits per heavy atom. The molecular formula is C35H60O4. The Kier molecular flexibility index (Phi) is 16.7. The van der Waals surface area contributed by atoms with Gasteiger partial charge in [-0.1, -0.05) is 150 Å². The lowest BCUT2D eigenvalue weighted by Gasteiger charge is -2.30. The molecule has 0 radical (unpaired) electrons. The SMILES string of the molecule is CCCCCCCCCCCCCCCCCC(=O)Oc1c(C(C)(C)C)cc(CCC(=O)O)cc1C(C)(C)C. The zero-order chi connectivity index (χ0) is 29.3. The van der Waals surface area contributed by atoms with Crippen LogP contribution in [0.5, 0.6) is 5.75 Å². The van der Waals surface area contributed by atoms with E-state index < -0.39 is 5.97 Å². The number of aliphatic carboxylic acids is 1. The lowest BCUT2D eigenvalue weighted by Crippen LogP contribution is -2.22. The number of carboxylic acid groups (broad SMARTS) is 1. The van der Waals surface area contributed by atoms with E-state index in [1.54, 1.807) is 0 Å². The predicted octanol–water partition coefficient (Wildman–Crippen LogP) is 10.5. The number of ether oxygens (including phenoxy) is 1. The highest BCUT2D eigenvalue weighted by Gasteiger charge is 2.29. The molecule has 0 saturated heterocycles. The Morgan fingerprint density at radius 1 is 0.641 bits per heavy atom. The van der Waals surface area contributed by atoms with Crippen molar-refractivity contribution >= 4 is 11.9 Å². The summed E-state index contributed by atoms with van der Waals surface area (Å²) in [6, 6.07) is 4.07. The third-order valence-corrected chi connectivity index (χ3v) is 7.59. The van der Waals surface area contributed by atoms with Gasteiger partial charge in [0.25, 0.3) is 0 Å². The van der Waals surface area contributed by atoms with Crippen LogP contribution in [-0.4, -0.2) is 17.0 Å². The minimum atomic E-state index is -0.802. The number of hydrogen-bond donors (Lipinski definition) is 1. The van der Waals surface area contributed by atoms with Crippen LogP contribution in [0.3, 0.4) is 0 Å². The molecule has 1 aromatic carbocycles. The Bertz CT molecular complexity index is 806. The maximum atomic E-state index is 12.9. The minimum absolute atomic E-state index is 0.0888. The van der Waals surface area contributed by atoms with Gasteiger partial charge < -0.3 is 9.84 Å². The van der Waals surface area contributed by atoms with E-state index in [-0.39, 0.29) is 23.2 Å². The first-order valence-corrected chi connectivity index (χ1v) is 16.0. The molecule has 4 nitrogen and oxygen atoms in total. The number of esters is 1.